The molecule has 1 aliphatic heterocycles. The predicted octanol–water partition coefficient (Wildman–Crippen LogP) is 5.08. The zero-order chi connectivity index (χ0) is 22.3. The van der Waals surface area contributed by atoms with Crippen LogP contribution in [0.1, 0.15) is 45.5 Å². The van der Waals surface area contributed by atoms with Crippen molar-refractivity contribution in [2.75, 3.05) is 13.1 Å². The first kappa shape index (κ1) is 21.7. The van der Waals surface area contributed by atoms with Gasteiger partial charge in [0.05, 0.1) is 40.4 Å². The van der Waals surface area contributed by atoms with Crippen molar-refractivity contribution in [1.29, 1.82) is 5.26 Å². The van der Waals surface area contributed by atoms with Crippen LogP contribution in [0.25, 0.3) is 10.9 Å². The molecule has 5 nitrogen and oxygen atoms in total. The van der Waals surface area contributed by atoms with Gasteiger partial charge in [0, 0.05) is 35.3 Å². The minimum Gasteiger partial charge on any atom is -0.393 e. The summed E-state index contributed by atoms with van der Waals surface area (Å²) in [5, 5.41) is 21.1. The van der Waals surface area contributed by atoms with Gasteiger partial charge in [-0.25, -0.2) is 0 Å². The molecular weight excluding hydrogens is 433 g/mol. The number of nitriles is 1. The Kier molecular flexibility index (Phi) is 5.98. The summed E-state index contributed by atoms with van der Waals surface area (Å²) >= 11 is 13.2. The Balaban J connectivity index is 1.74. The van der Waals surface area contributed by atoms with Gasteiger partial charge in [-0.2, -0.15) is 5.26 Å². The van der Waals surface area contributed by atoms with Gasteiger partial charge in [0.2, 0.25) is 0 Å². The molecule has 1 fully saturated rings. The number of rotatable bonds is 3. The summed E-state index contributed by atoms with van der Waals surface area (Å²) in [4.78, 5) is 14.8. The van der Waals surface area contributed by atoms with Gasteiger partial charge >= 0.3 is 0 Å². The Labute approximate surface area is 191 Å². The van der Waals surface area contributed by atoms with Crippen LogP contribution in [-0.4, -0.2) is 39.7 Å². The first-order valence-corrected chi connectivity index (χ1v) is 11.0. The van der Waals surface area contributed by atoms with Crippen molar-refractivity contribution in [3.8, 4) is 6.07 Å². The molecule has 1 amide bonds. The van der Waals surface area contributed by atoms with Crippen LogP contribution in [0.15, 0.2) is 30.5 Å². The smallest absolute Gasteiger partial charge is 0.255 e. The minimum atomic E-state index is -0.355. The molecule has 1 aliphatic rings. The fraction of sp³-hybridized carbons (Fsp3) is 0.333. The van der Waals surface area contributed by atoms with Crippen molar-refractivity contribution in [3.63, 3.8) is 0 Å². The normalized spacial score (nSPS) is 14.8. The Morgan fingerprint density at radius 2 is 1.90 bits per heavy atom. The Bertz CT molecular complexity index is 1220. The minimum absolute atomic E-state index is 0.147. The fourth-order valence-corrected chi connectivity index (χ4v) is 4.89. The summed E-state index contributed by atoms with van der Waals surface area (Å²) in [5.74, 6) is -0.147. The molecule has 1 saturated heterocycles. The topological polar surface area (TPSA) is 69.3 Å². The van der Waals surface area contributed by atoms with Gasteiger partial charge in [0.15, 0.2) is 0 Å². The van der Waals surface area contributed by atoms with Gasteiger partial charge in [-0.1, -0.05) is 29.3 Å². The van der Waals surface area contributed by atoms with Gasteiger partial charge in [0.1, 0.15) is 0 Å². The monoisotopic (exact) mass is 455 g/mol. The molecule has 1 N–H and O–H groups in total. The van der Waals surface area contributed by atoms with Gasteiger partial charge in [-0.3, -0.25) is 4.79 Å². The zero-order valence-electron chi connectivity index (χ0n) is 17.5. The summed E-state index contributed by atoms with van der Waals surface area (Å²) in [7, 11) is 0. The van der Waals surface area contributed by atoms with E-state index >= 15 is 0 Å². The molecule has 0 unspecified atom stereocenters. The van der Waals surface area contributed by atoms with Crippen molar-refractivity contribution >= 4 is 40.0 Å². The Morgan fingerprint density at radius 1 is 1.19 bits per heavy atom. The van der Waals surface area contributed by atoms with Crippen molar-refractivity contribution < 1.29 is 9.90 Å². The highest BCUT2D eigenvalue weighted by molar-refractivity contribution is 6.38. The van der Waals surface area contributed by atoms with Crippen LogP contribution in [0.2, 0.25) is 10.0 Å². The van der Waals surface area contributed by atoms with Gasteiger partial charge in [-0.15, -0.1) is 0 Å². The van der Waals surface area contributed by atoms with E-state index in [4.69, 9.17) is 23.2 Å². The van der Waals surface area contributed by atoms with Crippen LogP contribution in [0.5, 0.6) is 0 Å². The number of aryl methyl sites for hydroxylation is 2. The number of hydrogen-bond donors (Lipinski definition) is 1. The highest BCUT2D eigenvalue weighted by Gasteiger charge is 2.25. The number of benzene rings is 2. The first-order valence-electron chi connectivity index (χ1n) is 10.2. The molecule has 0 spiro atoms. The number of amides is 1. The van der Waals surface area contributed by atoms with Crippen LogP contribution in [0.4, 0.5) is 0 Å². The summed E-state index contributed by atoms with van der Waals surface area (Å²) in [6, 6.07) is 9.41. The maximum Gasteiger partial charge on any atom is 0.255 e. The molecule has 2 aromatic carbocycles. The van der Waals surface area contributed by atoms with Crippen LogP contribution >= 0.6 is 23.2 Å². The van der Waals surface area contributed by atoms with Crippen molar-refractivity contribution in [2.45, 2.75) is 39.3 Å². The second kappa shape index (κ2) is 8.55. The summed E-state index contributed by atoms with van der Waals surface area (Å²) < 4.78 is 2.04. The molecule has 2 heterocycles. The number of aliphatic hydroxyl groups is 1. The lowest BCUT2D eigenvalue weighted by Gasteiger charge is -2.30. The number of likely N-dealkylation sites (tertiary alicyclic amines) is 1. The predicted molar refractivity (Wildman–Crippen MR) is 123 cm³/mol. The molecule has 1 aromatic heterocycles. The molecule has 0 saturated carbocycles. The van der Waals surface area contributed by atoms with Crippen LogP contribution in [0.3, 0.4) is 0 Å². The molecule has 4 rings (SSSR count). The van der Waals surface area contributed by atoms with Crippen LogP contribution < -0.4 is 0 Å². The van der Waals surface area contributed by atoms with Crippen molar-refractivity contribution in [2.24, 2.45) is 0 Å². The molecule has 3 aromatic rings. The quantitative estimate of drug-likeness (QED) is 0.598. The highest BCUT2D eigenvalue weighted by Crippen LogP contribution is 2.33. The largest absolute Gasteiger partial charge is 0.393 e. The van der Waals surface area contributed by atoms with E-state index in [9.17, 15) is 15.2 Å². The second-order valence-electron chi connectivity index (χ2n) is 8.10. The standard InChI is InChI=1S/C24H23Cl2N3O2/c1-14-12-29(23-15(2)16(11-27)3-4-18(14)23)13-20-21(25)6-5-19(22(20)26)24(31)28-9-7-17(30)8-10-28/h3-6,12,17,30H,7-10,13H2,1-2H3. The lowest BCUT2D eigenvalue weighted by Crippen LogP contribution is -2.40. The Hall–Kier alpha value is -2.52. The first-order chi connectivity index (χ1) is 14.8. The number of piperidine rings is 1. The fourth-order valence-electron chi connectivity index (χ4n) is 4.32. The molecule has 0 bridgehead atoms. The number of carbonyl (C=O) groups is 1. The third kappa shape index (κ3) is 3.92. The number of hydrogen-bond acceptors (Lipinski definition) is 3. The van der Waals surface area contributed by atoms with Gasteiger partial charge in [-0.05, 0) is 56.0 Å². The maximum absolute atomic E-state index is 13.1. The van der Waals surface area contributed by atoms with E-state index in [1.165, 1.54) is 0 Å². The molecule has 160 valence electrons. The number of aliphatic hydroxyl groups excluding tert-OH is 1. The van der Waals surface area contributed by atoms with E-state index in [1.807, 2.05) is 36.7 Å². The summed E-state index contributed by atoms with van der Waals surface area (Å²) in [6.45, 7) is 5.36. The number of halogens is 2. The van der Waals surface area contributed by atoms with E-state index in [0.717, 1.165) is 22.0 Å². The van der Waals surface area contributed by atoms with Crippen molar-refractivity contribution in [3.05, 3.63) is 68.3 Å². The van der Waals surface area contributed by atoms with Gasteiger partial charge in [0.25, 0.3) is 5.91 Å². The van der Waals surface area contributed by atoms with Crippen molar-refractivity contribution in [1.82, 2.24) is 9.47 Å². The average molecular weight is 456 g/mol. The third-order valence-electron chi connectivity index (χ3n) is 6.11. The number of fused-ring (bicyclic) bond motifs is 1. The van der Waals surface area contributed by atoms with Gasteiger partial charge < -0.3 is 14.6 Å². The summed E-state index contributed by atoms with van der Waals surface area (Å²) in [5.41, 5.74) is 4.67. The number of aromatic nitrogens is 1. The van der Waals surface area contributed by atoms with E-state index < -0.39 is 0 Å². The molecule has 0 atom stereocenters. The highest BCUT2D eigenvalue weighted by atomic mass is 35.5. The SMILES string of the molecule is Cc1cn(Cc2c(Cl)ccc(C(=O)N3CCC(O)CC3)c2Cl)c2c(C)c(C#N)ccc12. The lowest BCUT2D eigenvalue weighted by atomic mass is 10.0. The van der Waals surface area contributed by atoms with Crippen LogP contribution in [0, 0.1) is 25.2 Å². The molecule has 0 radical (unpaired) electrons. The van der Waals surface area contributed by atoms with Crippen LogP contribution in [-0.2, 0) is 6.54 Å². The average Bonchev–Trinajstić information content (AvgIpc) is 3.07. The number of carbonyl (C=O) groups excluding carboxylic acids is 1. The lowest BCUT2D eigenvalue weighted by molar-refractivity contribution is 0.0546. The Morgan fingerprint density at radius 3 is 2.58 bits per heavy atom. The summed E-state index contributed by atoms with van der Waals surface area (Å²) in [6.07, 6.45) is 2.80. The molecule has 0 aliphatic carbocycles. The zero-order valence-corrected chi connectivity index (χ0v) is 19.0. The van der Waals surface area contributed by atoms with E-state index in [-0.39, 0.29) is 12.0 Å². The number of nitrogens with zero attached hydrogens (tertiary/aromatic N) is 3. The van der Waals surface area contributed by atoms with E-state index in [0.29, 0.717) is 59.2 Å². The maximum atomic E-state index is 13.1. The molecular formula is C24H23Cl2N3O2. The third-order valence-corrected chi connectivity index (χ3v) is 6.90. The van der Waals surface area contributed by atoms with E-state index in [1.54, 1.807) is 17.0 Å². The molecule has 7 heteroatoms. The second-order valence-corrected chi connectivity index (χ2v) is 8.88. The van der Waals surface area contributed by atoms with E-state index in [2.05, 4.69) is 6.07 Å². The molecule has 31 heavy (non-hydrogen) atoms.